The molecular formula is C12H21NO3. The molecule has 0 spiro atoms. The Balaban J connectivity index is 4.60. The summed E-state index contributed by atoms with van der Waals surface area (Å²) in [5.74, 6) is -0.819. The fourth-order valence-electron chi connectivity index (χ4n) is 1.08. The standard InChI is InChI=1S/C12H21NO3/c1-7-9(14)13-10(8(2)3)11(15)16-12(4,5)6/h7-8,10H,1H2,2-6H3,(H,13,14). The number of esters is 1. The number of nitrogens with one attached hydrogen (secondary N) is 1. The molecule has 4 nitrogen and oxygen atoms in total. The fraction of sp³-hybridized carbons (Fsp3) is 0.667. The zero-order chi connectivity index (χ0) is 12.9. The van der Waals surface area contributed by atoms with E-state index in [0.717, 1.165) is 6.08 Å². The highest BCUT2D eigenvalue weighted by molar-refractivity contribution is 5.91. The maximum atomic E-state index is 11.8. The van der Waals surface area contributed by atoms with Crippen molar-refractivity contribution >= 4 is 11.9 Å². The van der Waals surface area contributed by atoms with Crippen molar-refractivity contribution in [3.05, 3.63) is 12.7 Å². The summed E-state index contributed by atoms with van der Waals surface area (Å²) in [5.41, 5.74) is -0.552. The Morgan fingerprint density at radius 3 is 2.12 bits per heavy atom. The van der Waals surface area contributed by atoms with Gasteiger partial charge in [0.1, 0.15) is 11.6 Å². The molecule has 0 aliphatic carbocycles. The molecule has 0 rings (SSSR count). The van der Waals surface area contributed by atoms with Crippen molar-refractivity contribution < 1.29 is 14.3 Å². The molecular weight excluding hydrogens is 206 g/mol. The average Bonchev–Trinajstić information content (AvgIpc) is 2.09. The first-order valence-electron chi connectivity index (χ1n) is 5.33. The molecule has 0 fully saturated rings. The predicted octanol–water partition coefficient (Wildman–Crippen LogP) is 1.65. The van der Waals surface area contributed by atoms with Crippen LogP contribution in [0.3, 0.4) is 0 Å². The summed E-state index contributed by atoms with van der Waals surface area (Å²) in [6.45, 7) is 12.4. The second-order valence-corrected chi connectivity index (χ2v) is 4.97. The number of amides is 1. The molecule has 0 saturated carbocycles. The Hall–Kier alpha value is -1.32. The third kappa shape index (κ3) is 5.53. The highest BCUT2D eigenvalue weighted by Gasteiger charge is 2.28. The largest absolute Gasteiger partial charge is 0.458 e. The van der Waals surface area contributed by atoms with Gasteiger partial charge in [-0.1, -0.05) is 20.4 Å². The predicted molar refractivity (Wildman–Crippen MR) is 62.8 cm³/mol. The second kappa shape index (κ2) is 5.68. The minimum atomic E-state index is -0.635. The first-order chi connectivity index (χ1) is 7.17. The molecule has 0 aromatic carbocycles. The molecule has 4 heteroatoms. The van der Waals surface area contributed by atoms with Gasteiger partial charge in [0, 0.05) is 0 Å². The van der Waals surface area contributed by atoms with Gasteiger partial charge in [0.2, 0.25) is 5.91 Å². The van der Waals surface area contributed by atoms with Crippen LogP contribution in [0.5, 0.6) is 0 Å². The summed E-state index contributed by atoms with van der Waals surface area (Å²) in [6.07, 6.45) is 1.14. The molecule has 1 N–H and O–H groups in total. The van der Waals surface area contributed by atoms with Crippen LogP contribution >= 0.6 is 0 Å². The summed E-state index contributed by atoms with van der Waals surface area (Å²) in [7, 11) is 0. The Bertz CT molecular complexity index is 276. The Morgan fingerprint density at radius 2 is 1.81 bits per heavy atom. The highest BCUT2D eigenvalue weighted by atomic mass is 16.6. The minimum absolute atomic E-state index is 0.0289. The van der Waals surface area contributed by atoms with Crippen LogP contribution in [-0.2, 0) is 14.3 Å². The molecule has 0 radical (unpaired) electrons. The average molecular weight is 227 g/mol. The van der Waals surface area contributed by atoms with E-state index in [-0.39, 0.29) is 11.8 Å². The van der Waals surface area contributed by atoms with Crippen molar-refractivity contribution in [1.82, 2.24) is 5.32 Å². The minimum Gasteiger partial charge on any atom is -0.458 e. The van der Waals surface area contributed by atoms with E-state index in [2.05, 4.69) is 11.9 Å². The lowest BCUT2D eigenvalue weighted by atomic mass is 10.0. The molecule has 0 aromatic rings. The van der Waals surface area contributed by atoms with Crippen molar-refractivity contribution in [3.63, 3.8) is 0 Å². The van der Waals surface area contributed by atoms with Gasteiger partial charge in [0.15, 0.2) is 0 Å². The number of carbonyl (C=O) groups is 2. The third-order valence-electron chi connectivity index (χ3n) is 1.81. The molecule has 0 aromatic heterocycles. The number of ether oxygens (including phenoxy) is 1. The maximum absolute atomic E-state index is 11.8. The van der Waals surface area contributed by atoms with E-state index >= 15 is 0 Å². The fourth-order valence-corrected chi connectivity index (χ4v) is 1.08. The topological polar surface area (TPSA) is 55.4 Å². The molecule has 1 amide bonds. The molecule has 1 atom stereocenters. The van der Waals surface area contributed by atoms with Gasteiger partial charge >= 0.3 is 5.97 Å². The third-order valence-corrected chi connectivity index (χ3v) is 1.81. The van der Waals surface area contributed by atoms with Crippen LogP contribution in [0.4, 0.5) is 0 Å². The second-order valence-electron chi connectivity index (χ2n) is 4.97. The van der Waals surface area contributed by atoms with Crippen molar-refractivity contribution in [2.75, 3.05) is 0 Å². The van der Waals surface area contributed by atoms with Crippen molar-refractivity contribution in [3.8, 4) is 0 Å². The van der Waals surface area contributed by atoms with Crippen molar-refractivity contribution in [2.24, 2.45) is 5.92 Å². The SMILES string of the molecule is C=CC(=O)NC(C(=O)OC(C)(C)C)C(C)C. The summed E-state index contributed by atoms with van der Waals surface area (Å²) < 4.78 is 5.22. The molecule has 0 heterocycles. The number of hydrogen-bond donors (Lipinski definition) is 1. The quantitative estimate of drug-likeness (QED) is 0.587. The molecule has 0 saturated heterocycles. The highest BCUT2D eigenvalue weighted by Crippen LogP contribution is 2.12. The number of hydrogen-bond acceptors (Lipinski definition) is 3. The van der Waals surface area contributed by atoms with Crippen LogP contribution < -0.4 is 5.32 Å². The maximum Gasteiger partial charge on any atom is 0.329 e. The van der Waals surface area contributed by atoms with Crippen molar-refractivity contribution in [2.45, 2.75) is 46.3 Å². The van der Waals surface area contributed by atoms with Gasteiger partial charge in [0.05, 0.1) is 0 Å². The lowest BCUT2D eigenvalue weighted by Gasteiger charge is -2.26. The van der Waals surface area contributed by atoms with E-state index in [4.69, 9.17) is 4.74 Å². The monoisotopic (exact) mass is 227 g/mol. The van der Waals surface area contributed by atoms with E-state index in [1.165, 1.54) is 0 Å². The van der Waals surface area contributed by atoms with E-state index < -0.39 is 17.6 Å². The Labute approximate surface area is 97.1 Å². The first-order valence-corrected chi connectivity index (χ1v) is 5.33. The Kier molecular flexibility index (Phi) is 5.21. The summed E-state index contributed by atoms with van der Waals surface area (Å²) in [6, 6.07) is -0.635. The molecule has 1 unspecified atom stereocenters. The van der Waals surface area contributed by atoms with Gasteiger partial charge in [-0.2, -0.15) is 0 Å². The van der Waals surface area contributed by atoms with Crippen LogP contribution in [0.25, 0.3) is 0 Å². The number of carbonyl (C=O) groups excluding carboxylic acids is 2. The van der Waals surface area contributed by atoms with Crippen LogP contribution in [0.15, 0.2) is 12.7 Å². The van der Waals surface area contributed by atoms with Gasteiger partial charge in [-0.3, -0.25) is 4.79 Å². The van der Waals surface area contributed by atoms with Gasteiger partial charge in [0.25, 0.3) is 0 Å². The van der Waals surface area contributed by atoms with Crippen LogP contribution in [0.2, 0.25) is 0 Å². The first kappa shape index (κ1) is 14.7. The molecule has 0 aliphatic heterocycles. The summed E-state index contributed by atoms with van der Waals surface area (Å²) in [4.78, 5) is 22.9. The van der Waals surface area contributed by atoms with E-state index in [1.54, 1.807) is 20.8 Å². The van der Waals surface area contributed by atoms with Gasteiger partial charge < -0.3 is 10.1 Å². The van der Waals surface area contributed by atoms with Crippen molar-refractivity contribution in [1.29, 1.82) is 0 Å². The molecule has 0 bridgehead atoms. The normalized spacial score (nSPS) is 13.1. The zero-order valence-corrected chi connectivity index (χ0v) is 10.7. The zero-order valence-electron chi connectivity index (χ0n) is 10.7. The Morgan fingerprint density at radius 1 is 1.31 bits per heavy atom. The van der Waals surface area contributed by atoms with Crippen LogP contribution in [0.1, 0.15) is 34.6 Å². The lowest BCUT2D eigenvalue weighted by Crippen LogP contribution is -2.46. The van der Waals surface area contributed by atoms with Crippen LogP contribution in [0, 0.1) is 5.92 Å². The summed E-state index contributed by atoms with van der Waals surface area (Å²) in [5, 5.41) is 2.56. The molecule has 16 heavy (non-hydrogen) atoms. The summed E-state index contributed by atoms with van der Waals surface area (Å²) >= 11 is 0. The van der Waals surface area contributed by atoms with E-state index in [9.17, 15) is 9.59 Å². The van der Waals surface area contributed by atoms with Gasteiger partial charge in [-0.05, 0) is 32.8 Å². The van der Waals surface area contributed by atoms with E-state index in [1.807, 2.05) is 13.8 Å². The van der Waals surface area contributed by atoms with Crippen LogP contribution in [-0.4, -0.2) is 23.5 Å². The lowest BCUT2D eigenvalue weighted by molar-refractivity contribution is -0.159. The molecule has 0 aliphatic rings. The van der Waals surface area contributed by atoms with Gasteiger partial charge in [-0.25, -0.2) is 4.79 Å². The van der Waals surface area contributed by atoms with Gasteiger partial charge in [-0.15, -0.1) is 0 Å². The molecule has 92 valence electrons. The van der Waals surface area contributed by atoms with E-state index in [0.29, 0.717) is 0 Å². The number of rotatable bonds is 4. The smallest absolute Gasteiger partial charge is 0.329 e.